The third-order valence-corrected chi connectivity index (χ3v) is 2.62. The first kappa shape index (κ1) is 11.9. The molecule has 0 amide bonds. The second kappa shape index (κ2) is 4.76. The minimum Gasteiger partial charge on any atom is -0.439 e. The highest BCUT2D eigenvalue weighted by Crippen LogP contribution is 2.27. The number of benzene rings is 1. The lowest BCUT2D eigenvalue weighted by Gasteiger charge is -2.10. The molecule has 0 unspecified atom stereocenters. The van der Waals surface area contributed by atoms with E-state index in [1.165, 1.54) is 0 Å². The van der Waals surface area contributed by atoms with E-state index in [4.69, 9.17) is 15.7 Å². The molecule has 2 N–H and O–H groups in total. The van der Waals surface area contributed by atoms with E-state index < -0.39 is 0 Å². The van der Waals surface area contributed by atoms with Crippen LogP contribution >= 0.6 is 0 Å². The number of hydrogen-bond acceptors (Lipinski definition) is 4. The molecule has 4 nitrogen and oxygen atoms in total. The summed E-state index contributed by atoms with van der Waals surface area (Å²) in [7, 11) is 0. The molecule has 1 aromatic heterocycles. The Kier molecular flexibility index (Phi) is 3.16. The fraction of sp³-hybridized carbons (Fsp3) is 0.143. The van der Waals surface area contributed by atoms with E-state index in [2.05, 4.69) is 4.98 Å². The Balaban J connectivity index is 2.34. The Morgan fingerprint density at radius 3 is 2.72 bits per heavy atom. The largest absolute Gasteiger partial charge is 0.439 e. The van der Waals surface area contributed by atoms with Crippen LogP contribution < -0.4 is 10.5 Å². The number of nitrogen functional groups attached to an aromatic ring is 1. The fourth-order valence-corrected chi connectivity index (χ4v) is 1.57. The minimum absolute atomic E-state index is 0.331. The molecule has 0 atom stereocenters. The van der Waals surface area contributed by atoms with Crippen LogP contribution in [-0.4, -0.2) is 4.98 Å². The number of aromatic nitrogens is 1. The zero-order valence-electron chi connectivity index (χ0n) is 10.3. The summed E-state index contributed by atoms with van der Waals surface area (Å²) in [4.78, 5) is 4.07. The SMILES string of the molecule is Cc1cc(Oc2cccc(C#N)n2)c(C)cc1N. The molecule has 0 aliphatic carbocycles. The van der Waals surface area contributed by atoms with Gasteiger partial charge in [-0.15, -0.1) is 0 Å². The predicted octanol–water partition coefficient (Wildman–Crippen LogP) is 2.94. The molecular formula is C14H13N3O. The first-order chi connectivity index (χ1) is 8.60. The van der Waals surface area contributed by atoms with Gasteiger partial charge in [-0.2, -0.15) is 5.26 Å². The number of nitriles is 1. The van der Waals surface area contributed by atoms with Gasteiger partial charge in [0.05, 0.1) is 0 Å². The van der Waals surface area contributed by atoms with Crippen LogP contribution in [0.15, 0.2) is 30.3 Å². The molecule has 1 heterocycles. The van der Waals surface area contributed by atoms with Crippen molar-refractivity contribution in [1.82, 2.24) is 4.98 Å². The summed E-state index contributed by atoms with van der Waals surface area (Å²) in [6.45, 7) is 3.83. The van der Waals surface area contributed by atoms with Gasteiger partial charge in [0.15, 0.2) is 0 Å². The Morgan fingerprint density at radius 1 is 1.22 bits per heavy atom. The number of aryl methyl sites for hydroxylation is 2. The Bertz CT molecular complexity index is 629. The quantitative estimate of drug-likeness (QED) is 0.818. The molecule has 4 heteroatoms. The van der Waals surface area contributed by atoms with E-state index in [1.54, 1.807) is 18.2 Å². The number of hydrogen-bond donors (Lipinski definition) is 1. The number of anilines is 1. The highest BCUT2D eigenvalue weighted by Gasteiger charge is 2.06. The maximum Gasteiger partial charge on any atom is 0.220 e. The van der Waals surface area contributed by atoms with Crippen molar-refractivity contribution in [2.24, 2.45) is 0 Å². The molecule has 0 aliphatic heterocycles. The maximum absolute atomic E-state index is 8.78. The molecule has 0 saturated carbocycles. The third-order valence-electron chi connectivity index (χ3n) is 2.62. The second-order valence-electron chi connectivity index (χ2n) is 4.05. The Morgan fingerprint density at radius 2 is 2.00 bits per heavy atom. The van der Waals surface area contributed by atoms with Gasteiger partial charge in [0.2, 0.25) is 5.88 Å². The molecule has 0 radical (unpaired) electrons. The van der Waals surface area contributed by atoms with Crippen LogP contribution in [0.5, 0.6) is 11.6 Å². The van der Waals surface area contributed by atoms with Crippen molar-refractivity contribution >= 4 is 5.69 Å². The van der Waals surface area contributed by atoms with E-state index in [9.17, 15) is 0 Å². The second-order valence-corrected chi connectivity index (χ2v) is 4.05. The highest BCUT2D eigenvalue weighted by molar-refractivity contribution is 5.54. The Hall–Kier alpha value is -2.54. The van der Waals surface area contributed by atoms with Crippen molar-refractivity contribution in [2.45, 2.75) is 13.8 Å². The van der Waals surface area contributed by atoms with Crippen molar-refractivity contribution in [2.75, 3.05) is 5.73 Å². The number of pyridine rings is 1. The summed E-state index contributed by atoms with van der Waals surface area (Å²) >= 11 is 0. The first-order valence-electron chi connectivity index (χ1n) is 5.52. The van der Waals surface area contributed by atoms with Gasteiger partial charge in [0.25, 0.3) is 0 Å². The van der Waals surface area contributed by atoms with Gasteiger partial charge in [0, 0.05) is 11.8 Å². The van der Waals surface area contributed by atoms with Crippen LogP contribution in [-0.2, 0) is 0 Å². The van der Waals surface area contributed by atoms with Crippen molar-refractivity contribution in [3.8, 4) is 17.7 Å². The van der Waals surface area contributed by atoms with E-state index in [1.807, 2.05) is 32.0 Å². The molecule has 0 aliphatic rings. The van der Waals surface area contributed by atoms with Gasteiger partial charge >= 0.3 is 0 Å². The van der Waals surface area contributed by atoms with Crippen molar-refractivity contribution < 1.29 is 4.74 Å². The van der Waals surface area contributed by atoms with Crippen LogP contribution in [0.25, 0.3) is 0 Å². The summed E-state index contributed by atoms with van der Waals surface area (Å²) in [5.41, 5.74) is 8.76. The van der Waals surface area contributed by atoms with Crippen LogP contribution in [0.1, 0.15) is 16.8 Å². The van der Waals surface area contributed by atoms with E-state index in [0.717, 1.165) is 16.8 Å². The molecule has 90 valence electrons. The van der Waals surface area contributed by atoms with Gasteiger partial charge in [-0.25, -0.2) is 4.98 Å². The predicted molar refractivity (Wildman–Crippen MR) is 69.4 cm³/mol. The summed E-state index contributed by atoms with van der Waals surface area (Å²) in [5, 5.41) is 8.78. The standard InChI is InChI=1S/C14H13N3O/c1-9-7-13(10(2)6-12(9)16)18-14-5-3-4-11(8-15)17-14/h3-7H,16H2,1-2H3. The number of rotatable bonds is 2. The average molecular weight is 239 g/mol. The normalized spacial score (nSPS) is 9.83. The van der Waals surface area contributed by atoms with Crippen molar-refractivity contribution in [1.29, 1.82) is 5.26 Å². The van der Waals surface area contributed by atoms with Crippen LogP contribution in [0.4, 0.5) is 5.69 Å². The molecule has 2 aromatic rings. The Labute approximate surface area is 106 Å². The summed E-state index contributed by atoms with van der Waals surface area (Å²) < 4.78 is 5.67. The van der Waals surface area contributed by atoms with Gasteiger partial charge in [-0.3, -0.25) is 0 Å². The lowest BCUT2D eigenvalue weighted by atomic mass is 10.1. The molecule has 0 saturated heterocycles. The zero-order chi connectivity index (χ0) is 13.1. The minimum atomic E-state index is 0.331. The smallest absolute Gasteiger partial charge is 0.220 e. The number of nitrogens with two attached hydrogens (primary N) is 1. The van der Waals surface area contributed by atoms with E-state index >= 15 is 0 Å². The monoisotopic (exact) mass is 239 g/mol. The van der Waals surface area contributed by atoms with Crippen LogP contribution in [0.2, 0.25) is 0 Å². The number of nitrogens with zero attached hydrogens (tertiary/aromatic N) is 2. The van der Waals surface area contributed by atoms with Crippen LogP contribution in [0, 0.1) is 25.2 Å². The summed E-state index contributed by atoms with van der Waals surface area (Å²) in [5.74, 6) is 1.10. The van der Waals surface area contributed by atoms with Crippen molar-refractivity contribution in [3.63, 3.8) is 0 Å². The highest BCUT2D eigenvalue weighted by atomic mass is 16.5. The molecule has 18 heavy (non-hydrogen) atoms. The summed E-state index contributed by atoms with van der Waals surface area (Å²) in [6, 6.07) is 10.8. The van der Waals surface area contributed by atoms with Crippen LogP contribution in [0.3, 0.4) is 0 Å². The first-order valence-corrected chi connectivity index (χ1v) is 5.52. The number of ether oxygens (including phenoxy) is 1. The topological polar surface area (TPSA) is 71.9 Å². The van der Waals surface area contributed by atoms with Gasteiger partial charge in [0.1, 0.15) is 17.5 Å². The van der Waals surface area contributed by atoms with Crippen molar-refractivity contribution in [3.05, 3.63) is 47.2 Å². The average Bonchev–Trinajstić information content (AvgIpc) is 2.36. The third kappa shape index (κ3) is 2.41. The lowest BCUT2D eigenvalue weighted by molar-refractivity contribution is 0.459. The van der Waals surface area contributed by atoms with E-state index in [-0.39, 0.29) is 0 Å². The molecular weight excluding hydrogens is 226 g/mol. The van der Waals surface area contributed by atoms with Gasteiger partial charge in [-0.1, -0.05) is 6.07 Å². The molecule has 0 fully saturated rings. The maximum atomic E-state index is 8.78. The van der Waals surface area contributed by atoms with E-state index in [0.29, 0.717) is 17.3 Å². The lowest BCUT2D eigenvalue weighted by Crippen LogP contribution is -1.95. The molecule has 2 rings (SSSR count). The zero-order valence-corrected chi connectivity index (χ0v) is 10.3. The summed E-state index contributed by atoms with van der Waals surface area (Å²) in [6.07, 6.45) is 0. The molecule has 1 aromatic carbocycles. The van der Waals surface area contributed by atoms with Gasteiger partial charge in [-0.05, 0) is 43.2 Å². The van der Waals surface area contributed by atoms with Gasteiger partial charge < -0.3 is 10.5 Å². The fourth-order valence-electron chi connectivity index (χ4n) is 1.57. The molecule has 0 bridgehead atoms. The molecule has 0 spiro atoms.